The van der Waals surface area contributed by atoms with Gasteiger partial charge in [-0.05, 0) is 66.2 Å². The first-order valence-electron chi connectivity index (χ1n) is 9.30. The number of methoxy groups -OCH3 is 1. The highest BCUT2D eigenvalue weighted by molar-refractivity contribution is 6.33. The molecule has 0 radical (unpaired) electrons. The van der Waals surface area contributed by atoms with Crippen molar-refractivity contribution in [3.05, 3.63) is 88.9 Å². The van der Waals surface area contributed by atoms with E-state index in [1.54, 1.807) is 79.9 Å². The molecule has 31 heavy (non-hydrogen) atoms. The number of amides is 2. The summed E-state index contributed by atoms with van der Waals surface area (Å²) in [6.45, 7) is -0.132. The molecule has 0 heterocycles. The van der Waals surface area contributed by atoms with Crippen LogP contribution in [0.2, 0.25) is 5.02 Å². The van der Waals surface area contributed by atoms with Crippen molar-refractivity contribution in [2.45, 2.75) is 0 Å². The molecule has 0 saturated heterocycles. The van der Waals surface area contributed by atoms with E-state index in [1.807, 2.05) is 0 Å². The summed E-state index contributed by atoms with van der Waals surface area (Å²) in [5.74, 6) is 0.561. The zero-order valence-electron chi connectivity index (χ0n) is 16.7. The lowest BCUT2D eigenvalue weighted by molar-refractivity contribution is -0.118. The van der Waals surface area contributed by atoms with Gasteiger partial charge in [-0.2, -0.15) is 5.10 Å². The molecule has 0 atom stereocenters. The van der Waals surface area contributed by atoms with Gasteiger partial charge in [0, 0.05) is 5.69 Å². The molecular weight excluding hydrogens is 418 g/mol. The number of nitrogens with zero attached hydrogens (tertiary/aromatic N) is 1. The topological polar surface area (TPSA) is 89.0 Å². The predicted octanol–water partition coefficient (Wildman–Crippen LogP) is 4.13. The SMILES string of the molecule is COc1ccc(NC(=O)COc2ccc(/C=N\NC(=O)c3ccccc3Cl)cc2)cc1. The number of hydrogen-bond donors (Lipinski definition) is 2. The Morgan fingerprint density at radius 1 is 0.968 bits per heavy atom. The number of rotatable bonds is 8. The fourth-order valence-electron chi connectivity index (χ4n) is 2.54. The Balaban J connectivity index is 1.46. The molecule has 3 aromatic rings. The van der Waals surface area contributed by atoms with Crippen LogP contribution in [0.15, 0.2) is 77.9 Å². The highest BCUT2D eigenvalue weighted by Crippen LogP contribution is 2.16. The molecule has 0 aromatic heterocycles. The van der Waals surface area contributed by atoms with Crippen LogP contribution >= 0.6 is 11.6 Å². The highest BCUT2D eigenvalue weighted by atomic mass is 35.5. The highest BCUT2D eigenvalue weighted by Gasteiger charge is 2.08. The van der Waals surface area contributed by atoms with Crippen LogP contribution < -0.4 is 20.2 Å². The van der Waals surface area contributed by atoms with Crippen molar-refractivity contribution < 1.29 is 19.1 Å². The van der Waals surface area contributed by atoms with Crippen LogP contribution in [0.1, 0.15) is 15.9 Å². The Kier molecular flexibility index (Phi) is 7.61. The van der Waals surface area contributed by atoms with Crippen molar-refractivity contribution in [2.24, 2.45) is 5.10 Å². The van der Waals surface area contributed by atoms with E-state index in [1.165, 1.54) is 6.21 Å². The number of ether oxygens (including phenoxy) is 2. The van der Waals surface area contributed by atoms with E-state index in [4.69, 9.17) is 21.1 Å². The van der Waals surface area contributed by atoms with Crippen LogP contribution in [0.25, 0.3) is 0 Å². The molecule has 7 nitrogen and oxygen atoms in total. The van der Waals surface area contributed by atoms with E-state index in [0.717, 1.165) is 5.56 Å². The maximum Gasteiger partial charge on any atom is 0.272 e. The molecule has 2 amide bonds. The molecule has 0 bridgehead atoms. The molecule has 0 aliphatic heterocycles. The zero-order chi connectivity index (χ0) is 22.1. The molecule has 0 aliphatic rings. The van der Waals surface area contributed by atoms with Crippen LogP contribution in [-0.4, -0.2) is 31.7 Å². The van der Waals surface area contributed by atoms with Crippen molar-refractivity contribution in [1.29, 1.82) is 0 Å². The number of nitrogens with one attached hydrogen (secondary N) is 2. The van der Waals surface area contributed by atoms with Crippen molar-refractivity contribution in [3.8, 4) is 11.5 Å². The van der Waals surface area contributed by atoms with Gasteiger partial charge in [0.15, 0.2) is 6.61 Å². The van der Waals surface area contributed by atoms with E-state index < -0.39 is 5.91 Å². The molecule has 158 valence electrons. The van der Waals surface area contributed by atoms with Crippen LogP contribution in [0, 0.1) is 0 Å². The Labute approximate surface area is 184 Å². The molecule has 0 unspecified atom stereocenters. The minimum atomic E-state index is -0.398. The van der Waals surface area contributed by atoms with Crippen LogP contribution in [-0.2, 0) is 4.79 Å². The summed E-state index contributed by atoms with van der Waals surface area (Å²) >= 11 is 5.98. The van der Waals surface area contributed by atoms with E-state index in [9.17, 15) is 9.59 Å². The van der Waals surface area contributed by atoms with Crippen molar-refractivity contribution in [3.63, 3.8) is 0 Å². The Morgan fingerprint density at radius 2 is 1.65 bits per heavy atom. The maximum atomic E-state index is 12.0. The van der Waals surface area contributed by atoms with Gasteiger partial charge in [-0.25, -0.2) is 5.43 Å². The van der Waals surface area contributed by atoms with Gasteiger partial charge in [0.05, 0.1) is 23.9 Å². The van der Waals surface area contributed by atoms with Crippen molar-refractivity contribution >= 4 is 35.3 Å². The van der Waals surface area contributed by atoms with E-state index in [-0.39, 0.29) is 12.5 Å². The monoisotopic (exact) mass is 437 g/mol. The summed E-state index contributed by atoms with van der Waals surface area (Å²) in [6, 6.07) is 20.6. The number of carbonyl (C=O) groups excluding carboxylic acids is 2. The molecule has 8 heteroatoms. The normalized spacial score (nSPS) is 10.5. The largest absolute Gasteiger partial charge is 0.497 e. The van der Waals surface area contributed by atoms with Gasteiger partial charge in [-0.15, -0.1) is 0 Å². The van der Waals surface area contributed by atoms with Gasteiger partial charge in [-0.1, -0.05) is 23.7 Å². The van der Waals surface area contributed by atoms with Crippen LogP contribution in [0.5, 0.6) is 11.5 Å². The number of carbonyl (C=O) groups is 2. The van der Waals surface area contributed by atoms with Gasteiger partial charge < -0.3 is 14.8 Å². The van der Waals surface area contributed by atoms with Gasteiger partial charge in [-0.3, -0.25) is 9.59 Å². The quantitative estimate of drug-likeness (QED) is 0.409. The lowest BCUT2D eigenvalue weighted by Gasteiger charge is -2.08. The van der Waals surface area contributed by atoms with Gasteiger partial charge >= 0.3 is 0 Å². The standard InChI is InChI=1S/C23H20ClN3O4/c1-30-18-12-8-17(9-13-18)26-22(28)15-31-19-10-6-16(7-11-19)14-25-27-23(29)20-4-2-3-5-21(20)24/h2-14H,15H2,1H3,(H,26,28)(H,27,29)/b25-14-. The summed E-state index contributed by atoms with van der Waals surface area (Å²) in [7, 11) is 1.58. The molecule has 0 aliphatic carbocycles. The van der Waals surface area contributed by atoms with E-state index in [2.05, 4.69) is 15.8 Å². The molecule has 0 fully saturated rings. The van der Waals surface area contributed by atoms with Crippen molar-refractivity contribution in [1.82, 2.24) is 5.43 Å². The minimum absolute atomic E-state index is 0.132. The van der Waals surface area contributed by atoms with E-state index in [0.29, 0.717) is 27.8 Å². The first-order chi connectivity index (χ1) is 15.0. The van der Waals surface area contributed by atoms with Gasteiger partial charge in [0.2, 0.25) is 0 Å². The first-order valence-corrected chi connectivity index (χ1v) is 9.67. The second-order valence-corrected chi connectivity index (χ2v) is 6.72. The zero-order valence-corrected chi connectivity index (χ0v) is 17.4. The first kappa shape index (κ1) is 21.9. The molecule has 2 N–H and O–H groups in total. The number of hydrazone groups is 1. The molecule has 3 rings (SSSR count). The number of benzene rings is 3. The average Bonchev–Trinajstić information content (AvgIpc) is 2.79. The number of anilines is 1. The maximum absolute atomic E-state index is 12.0. The number of hydrogen-bond acceptors (Lipinski definition) is 5. The molecule has 0 saturated carbocycles. The lowest BCUT2D eigenvalue weighted by atomic mass is 10.2. The van der Waals surface area contributed by atoms with Crippen molar-refractivity contribution in [2.75, 3.05) is 19.0 Å². The Bertz CT molecular complexity index is 1070. The minimum Gasteiger partial charge on any atom is -0.497 e. The summed E-state index contributed by atoms with van der Waals surface area (Å²) in [5, 5.41) is 7.02. The second kappa shape index (κ2) is 10.8. The predicted molar refractivity (Wildman–Crippen MR) is 120 cm³/mol. The van der Waals surface area contributed by atoms with Crippen LogP contribution in [0.4, 0.5) is 5.69 Å². The van der Waals surface area contributed by atoms with Gasteiger partial charge in [0.25, 0.3) is 11.8 Å². The number of halogens is 1. The van der Waals surface area contributed by atoms with Crippen LogP contribution in [0.3, 0.4) is 0 Å². The van der Waals surface area contributed by atoms with Gasteiger partial charge in [0.1, 0.15) is 11.5 Å². The van der Waals surface area contributed by atoms with E-state index >= 15 is 0 Å². The third-order valence-corrected chi connectivity index (χ3v) is 4.45. The molecule has 3 aromatic carbocycles. The molecule has 0 spiro atoms. The summed E-state index contributed by atoms with van der Waals surface area (Å²) < 4.78 is 10.6. The third kappa shape index (κ3) is 6.58. The Morgan fingerprint density at radius 3 is 2.32 bits per heavy atom. The summed E-state index contributed by atoms with van der Waals surface area (Å²) in [5.41, 5.74) is 4.17. The lowest BCUT2D eigenvalue weighted by Crippen LogP contribution is -2.20. The summed E-state index contributed by atoms with van der Waals surface area (Å²) in [4.78, 5) is 24.1. The average molecular weight is 438 g/mol. The Hall–Kier alpha value is -3.84. The smallest absolute Gasteiger partial charge is 0.272 e. The summed E-state index contributed by atoms with van der Waals surface area (Å²) in [6.07, 6.45) is 1.49. The second-order valence-electron chi connectivity index (χ2n) is 6.31. The fourth-order valence-corrected chi connectivity index (χ4v) is 2.76. The third-order valence-electron chi connectivity index (χ3n) is 4.12. The fraction of sp³-hybridized carbons (Fsp3) is 0.0870. The molecular formula is C23H20ClN3O4.